The van der Waals surface area contributed by atoms with E-state index in [9.17, 15) is 0 Å². The predicted octanol–water partition coefficient (Wildman–Crippen LogP) is -0.131. The highest BCUT2D eigenvalue weighted by atomic mass is 27.0. The first-order chi connectivity index (χ1) is 2.91. The highest BCUT2D eigenvalue weighted by Gasteiger charge is 1.76. The largest absolute Gasteiger partial charge is 0.211 e. The lowest BCUT2D eigenvalue weighted by Crippen LogP contribution is -1.71. The molecule has 0 aliphatic heterocycles. The Labute approximate surface area is 56.2 Å². The quantitative estimate of drug-likeness (QED) is 0.354. The van der Waals surface area contributed by atoms with Gasteiger partial charge in [0.25, 0.3) is 0 Å². The van der Waals surface area contributed by atoms with Crippen LogP contribution in [0.15, 0.2) is 0 Å². The molecule has 0 saturated carbocycles. The van der Waals surface area contributed by atoms with Crippen molar-refractivity contribution < 1.29 is 0 Å². The molecule has 0 saturated heterocycles. The van der Waals surface area contributed by atoms with E-state index in [0.717, 1.165) is 0 Å². The SMILES string of the molecule is [AlH2][CH2]CC[CH2][AlH2]. The van der Waals surface area contributed by atoms with Crippen molar-refractivity contribution in [3.05, 3.63) is 0 Å². The smallest absolute Gasteiger partial charge is 0.101 e. The van der Waals surface area contributed by atoms with Crippen molar-refractivity contribution in [2.75, 3.05) is 0 Å². The van der Waals surface area contributed by atoms with Crippen molar-refractivity contribution in [3.63, 3.8) is 0 Å². The van der Waals surface area contributed by atoms with Gasteiger partial charge in [0.2, 0.25) is 32.6 Å². The van der Waals surface area contributed by atoms with Crippen LogP contribution in [-0.2, 0) is 0 Å². The molecule has 0 heterocycles. The van der Waals surface area contributed by atoms with Gasteiger partial charge in [-0.25, -0.2) is 0 Å². The third-order valence-corrected chi connectivity index (χ3v) is 2.37. The highest BCUT2D eigenvalue weighted by Crippen LogP contribution is 1.93. The van der Waals surface area contributed by atoms with Gasteiger partial charge in [-0.2, -0.15) is 0 Å². The van der Waals surface area contributed by atoms with E-state index in [1.807, 2.05) is 0 Å². The maximum absolute atomic E-state index is 1.52. The van der Waals surface area contributed by atoms with Gasteiger partial charge in [-0.1, -0.05) is 12.8 Å². The second kappa shape index (κ2) is 6.06. The van der Waals surface area contributed by atoms with Gasteiger partial charge in [-0.3, -0.25) is 0 Å². The van der Waals surface area contributed by atoms with E-state index >= 15 is 0 Å². The topological polar surface area (TPSA) is 0 Å². The summed E-state index contributed by atoms with van der Waals surface area (Å²) in [4.78, 5) is 0. The summed E-state index contributed by atoms with van der Waals surface area (Å²) in [5.74, 6) is 0. The molecule has 2 heteroatoms. The van der Waals surface area contributed by atoms with Crippen molar-refractivity contribution in [2.45, 2.75) is 23.4 Å². The van der Waals surface area contributed by atoms with Gasteiger partial charge in [0.15, 0.2) is 0 Å². The van der Waals surface area contributed by atoms with Crippen LogP contribution in [0.4, 0.5) is 0 Å². The molecule has 0 rings (SSSR count). The van der Waals surface area contributed by atoms with E-state index in [1.54, 1.807) is 0 Å². The normalized spacial score (nSPS) is 8.67. The van der Waals surface area contributed by atoms with Crippen molar-refractivity contribution >= 4 is 32.6 Å². The van der Waals surface area contributed by atoms with E-state index < -0.39 is 0 Å². The van der Waals surface area contributed by atoms with Crippen LogP contribution in [0, 0.1) is 0 Å². The Morgan fingerprint density at radius 2 is 1.17 bits per heavy atom. The Hall–Kier alpha value is 1.06. The van der Waals surface area contributed by atoms with Gasteiger partial charge in [-0.05, 0) is 0 Å². The Balaban J connectivity index is 2.34. The number of hydrogen-bond acceptors (Lipinski definition) is 0. The fourth-order valence-corrected chi connectivity index (χ4v) is 1.50. The maximum Gasteiger partial charge on any atom is 0.211 e. The van der Waals surface area contributed by atoms with Crippen LogP contribution in [0.1, 0.15) is 12.8 Å². The fraction of sp³-hybridized carbons (Fsp3) is 1.00. The molecular formula is C4H12Al2. The lowest BCUT2D eigenvalue weighted by Gasteiger charge is -1.85. The van der Waals surface area contributed by atoms with Crippen LogP contribution < -0.4 is 0 Å². The Morgan fingerprint density at radius 1 is 0.833 bits per heavy atom. The predicted molar refractivity (Wildman–Crippen MR) is 35.9 cm³/mol. The maximum atomic E-state index is 1.52. The van der Waals surface area contributed by atoms with Gasteiger partial charge >= 0.3 is 0 Å². The van der Waals surface area contributed by atoms with Crippen molar-refractivity contribution in [2.24, 2.45) is 0 Å². The molecule has 6 heavy (non-hydrogen) atoms. The Bertz CT molecular complexity index is 17.5. The van der Waals surface area contributed by atoms with Crippen LogP contribution >= 0.6 is 0 Å². The Kier molecular flexibility index (Phi) is 7.14. The van der Waals surface area contributed by atoms with Gasteiger partial charge in [0.05, 0.1) is 0 Å². The lowest BCUT2D eigenvalue weighted by molar-refractivity contribution is 0.881. The molecule has 0 N–H and O–H groups in total. The third kappa shape index (κ3) is 5.06. The summed E-state index contributed by atoms with van der Waals surface area (Å²) in [7, 11) is 0. The van der Waals surface area contributed by atoms with E-state index in [-0.39, 0.29) is 0 Å². The van der Waals surface area contributed by atoms with Crippen molar-refractivity contribution in [1.82, 2.24) is 0 Å². The molecule has 0 atom stereocenters. The van der Waals surface area contributed by atoms with E-state index in [1.165, 1.54) is 56.0 Å². The molecule has 0 aromatic heterocycles. The molecule has 0 aliphatic rings. The Morgan fingerprint density at radius 3 is 1.33 bits per heavy atom. The van der Waals surface area contributed by atoms with Crippen LogP contribution in [0.2, 0.25) is 10.6 Å². The molecule has 0 amide bonds. The summed E-state index contributed by atoms with van der Waals surface area (Å²) in [5.41, 5.74) is 0. The molecule has 0 bridgehead atoms. The van der Waals surface area contributed by atoms with Gasteiger partial charge in [0.1, 0.15) is 0 Å². The zero-order valence-corrected chi connectivity index (χ0v) is 8.83. The van der Waals surface area contributed by atoms with Crippen LogP contribution in [0.3, 0.4) is 0 Å². The zero-order valence-electron chi connectivity index (χ0n) is 4.83. The van der Waals surface area contributed by atoms with Crippen LogP contribution in [0.25, 0.3) is 0 Å². The molecule has 34 valence electrons. The number of hydrogen-bond donors (Lipinski definition) is 0. The molecule has 0 aromatic rings. The molecule has 0 radical (unpaired) electrons. The molecule has 0 aromatic carbocycles. The summed E-state index contributed by atoms with van der Waals surface area (Å²) >= 11 is 2.84. The summed E-state index contributed by atoms with van der Waals surface area (Å²) in [5, 5.41) is 3.03. The van der Waals surface area contributed by atoms with E-state index in [2.05, 4.69) is 0 Å². The molecule has 0 aliphatic carbocycles. The second-order valence-corrected chi connectivity index (χ2v) is 3.71. The number of rotatable bonds is 3. The van der Waals surface area contributed by atoms with Gasteiger partial charge in [0, 0.05) is 0 Å². The van der Waals surface area contributed by atoms with E-state index in [4.69, 9.17) is 0 Å². The number of unbranched alkanes of at least 4 members (excludes halogenated alkanes) is 1. The monoisotopic (exact) mass is 114 g/mol. The van der Waals surface area contributed by atoms with Crippen molar-refractivity contribution in [3.8, 4) is 0 Å². The minimum absolute atomic E-state index is 1.42. The molecular weight excluding hydrogens is 102 g/mol. The van der Waals surface area contributed by atoms with Gasteiger partial charge in [-0.15, -0.1) is 10.6 Å². The summed E-state index contributed by atoms with van der Waals surface area (Å²) in [6, 6.07) is 0. The molecule has 0 nitrogen and oxygen atoms in total. The lowest BCUT2D eigenvalue weighted by atomic mass is 10.4. The minimum Gasteiger partial charge on any atom is -0.101 e. The fourth-order valence-electron chi connectivity index (χ4n) is 0.500. The third-order valence-electron chi connectivity index (χ3n) is 0.957. The highest BCUT2D eigenvalue weighted by molar-refractivity contribution is 6.09. The first kappa shape index (κ1) is 7.06. The van der Waals surface area contributed by atoms with Crippen LogP contribution in [0.5, 0.6) is 0 Å². The standard InChI is InChI=1S/C4H8.2Al.4H/c1-3-4-2;;;;;;/h1-4H2;;;;;;. The minimum atomic E-state index is 1.42. The molecule has 0 fully saturated rings. The average molecular weight is 114 g/mol. The summed E-state index contributed by atoms with van der Waals surface area (Å²) in [6.45, 7) is 0. The van der Waals surface area contributed by atoms with Crippen molar-refractivity contribution in [1.29, 1.82) is 0 Å². The zero-order chi connectivity index (χ0) is 4.83. The molecule has 0 spiro atoms. The van der Waals surface area contributed by atoms with Crippen LogP contribution in [-0.4, -0.2) is 32.6 Å². The summed E-state index contributed by atoms with van der Waals surface area (Å²) < 4.78 is 0. The second-order valence-electron chi connectivity index (χ2n) is 1.71. The summed E-state index contributed by atoms with van der Waals surface area (Å²) in [6.07, 6.45) is 3.02. The van der Waals surface area contributed by atoms with Gasteiger partial charge < -0.3 is 0 Å². The van der Waals surface area contributed by atoms with E-state index in [0.29, 0.717) is 0 Å². The average Bonchev–Trinajstić information content (AvgIpc) is 1.61. The first-order valence-corrected chi connectivity index (χ1v) is 5.74. The molecule has 0 unspecified atom stereocenters. The first-order valence-electron chi connectivity index (χ1n) is 2.91.